The van der Waals surface area contributed by atoms with E-state index in [0.29, 0.717) is 16.3 Å². The summed E-state index contributed by atoms with van der Waals surface area (Å²) in [5.41, 5.74) is 3.96. The van der Waals surface area contributed by atoms with Gasteiger partial charge in [-0.2, -0.15) is 5.10 Å². The molecule has 1 aromatic carbocycles. The molecule has 102 valence electrons. The highest BCUT2D eigenvalue weighted by molar-refractivity contribution is 7.71. The van der Waals surface area contributed by atoms with Gasteiger partial charge in [0.05, 0.1) is 11.6 Å². The van der Waals surface area contributed by atoms with Crippen LogP contribution in [-0.2, 0) is 6.54 Å². The number of hydrogen-bond donors (Lipinski definition) is 2. The summed E-state index contributed by atoms with van der Waals surface area (Å²) in [6, 6.07) is 11.4. The first-order valence-corrected chi connectivity index (χ1v) is 6.72. The molecule has 3 rings (SSSR count). The molecular weight excluding hydrogens is 296 g/mol. The molecule has 0 fully saturated rings. The molecule has 0 spiro atoms. The number of hydrogen-bond acceptors (Lipinski definition) is 4. The highest BCUT2D eigenvalue weighted by Crippen LogP contribution is 2.28. The SMILES string of the molecule is S=c1[nH]ncn1NCc1ccc(-c2ccccc2Cl)o1. The smallest absolute Gasteiger partial charge is 0.214 e. The fraction of sp³-hybridized carbons (Fsp3) is 0.0769. The van der Waals surface area contributed by atoms with Gasteiger partial charge in [-0.15, -0.1) is 0 Å². The summed E-state index contributed by atoms with van der Waals surface area (Å²) >= 11 is 11.2. The van der Waals surface area contributed by atoms with Gasteiger partial charge in [0.15, 0.2) is 0 Å². The molecule has 0 aliphatic heterocycles. The monoisotopic (exact) mass is 306 g/mol. The number of aromatic amines is 1. The molecule has 0 atom stereocenters. The van der Waals surface area contributed by atoms with Crippen LogP contribution in [0.4, 0.5) is 0 Å². The predicted octanol–water partition coefficient (Wildman–Crippen LogP) is 3.60. The van der Waals surface area contributed by atoms with E-state index in [1.54, 1.807) is 11.0 Å². The summed E-state index contributed by atoms with van der Waals surface area (Å²) in [5.74, 6) is 1.52. The zero-order chi connectivity index (χ0) is 13.9. The minimum Gasteiger partial charge on any atom is -0.459 e. The van der Waals surface area contributed by atoms with Gasteiger partial charge in [0.25, 0.3) is 0 Å². The number of aromatic nitrogens is 3. The molecule has 0 saturated carbocycles. The Morgan fingerprint density at radius 3 is 2.90 bits per heavy atom. The van der Waals surface area contributed by atoms with E-state index in [1.165, 1.54) is 0 Å². The lowest BCUT2D eigenvalue weighted by Gasteiger charge is -2.03. The zero-order valence-electron chi connectivity index (χ0n) is 10.3. The van der Waals surface area contributed by atoms with Crippen LogP contribution >= 0.6 is 23.8 Å². The lowest BCUT2D eigenvalue weighted by molar-refractivity contribution is 0.522. The minimum atomic E-state index is 0.498. The molecule has 5 nitrogen and oxygen atoms in total. The second-order valence-corrected chi connectivity index (χ2v) is 4.91. The normalized spacial score (nSPS) is 10.7. The molecule has 2 N–H and O–H groups in total. The van der Waals surface area contributed by atoms with Crippen molar-refractivity contribution in [3.63, 3.8) is 0 Å². The van der Waals surface area contributed by atoms with Gasteiger partial charge in [-0.05, 0) is 36.5 Å². The van der Waals surface area contributed by atoms with Gasteiger partial charge < -0.3 is 9.84 Å². The maximum Gasteiger partial charge on any atom is 0.214 e. The van der Waals surface area contributed by atoms with E-state index in [4.69, 9.17) is 28.2 Å². The van der Waals surface area contributed by atoms with E-state index < -0.39 is 0 Å². The topological polar surface area (TPSA) is 58.8 Å². The number of rotatable bonds is 4. The standard InChI is InChI=1S/C13H11ClN4OS/c14-11-4-2-1-3-10(11)12-6-5-9(19-12)7-16-18-8-15-17-13(18)20/h1-6,8,16H,7H2,(H,17,20). The quantitative estimate of drug-likeness (QED) is 0.723. The average Bonchev–Trinajstić information content (AvgIpc) is 3.06. The van der Waals surface area contributed by atoms with Crippen LogP contribution in [0.1, 0.15) is 5.76 Å². The van der Waals surface area contributed by atoms with Gasteiger partial charge in [-0.1, -0.05) is 23.7 Å². The predicted molar refractivity (Wildman–Crippen MR) is 79.6 cm³/mol. The Morgan fingerprint density at radius 1 is 1.30 bits per heavy atom. The van der Waals surface area contributed by atoms with E-state index >= 15 is 0 Å². The van der Waals surface area contributed by atoms with Crippen LogP contribution in [0.2, 0.25) is 5.02 Å². The summed E-state index contributed by atoms with van der Waals surface area (Å²) < 4.78 is 7.88. The fourth-order valence-electron chi connectivity index (χ4n) is 1.80. The molecule has 20 heavy (non-hydrogen) atoms. The highest BCUT2D eigenvalue weighted by Gasteiger charge is 2.08. The van der Waals surface area contributed by atoms with E-state index in [0.717, 1.165) is 17.1 Å². The highest BCUT2D eigenvalue weighted by atomic mass is 35.5. The van der Waals surface area contributed by atoms with E-state index in [9.17, 15) is 0 Å². The van der Waals surface area contributed by atoms with Crippen molar-refractivity contribution in [2.45, 2.75) is 6.54 Å². The molecule has 0 unspecified atom stereocenters. The number of furan rings is 1. The number of nitrogens with one attached hydrogen (secondary N) is 2. The fourth-order valence-corrected chi connectivity index (χ4v) is 2.20. The van der Waals surface area contributed by atoms with Crippen molar-refractivity contribution in [3.8, 4) is 11.3 Å². The molecule has 2 aromatic heterocycles. The molecule has 7 heteroatoms. The van der Waals surface area contributed by atoms with Crippen molar-refractivity contribution < 1.29 is 4.42 Å². The maximum atomic E-state index is 6.14. The first-order valence-electron chi connectivity index (χ1n) is 5.93. The maximum absolute atomic E-state index is 6.14. The number of benzene rings is 1. The van der Waals surface area contributed by atoms with E-state index in [2.05, 4.69) is 15.6 Å². The van der Waals surface area contributed by atoms with Crippen LogP contribution in [-0.4, -0.2) is 14.9 Å². The Bertz CT molecular complexity index is 776. The Labute approximate surface area is 125 Å². The summed E-state index contributed by atoms with van der Waals surface area (Å²) in [4.78, 5) is 0. The largest absolute Gasteiger partial charge is 0.459 e. The third kappa shape index (κ3) is 2.61. The molecule has 0 aliphatic rings. The molecule has 0 aliphatic carbocycles. The van der Waals surface area contributed by atoms with E-state index in [-0.39, 0.29) is 0 Å². The molecule has 0 radical (unpaired) electrons. The Balaban J connectivity index is 1.76. The van der Waals surface area contributed by atoms with Crippen molar-refractivity contribution in [3.05, 3.63) is 58.3 Å². The number of H-pyrrole nitrogens is 1. The minimum absolute atomic E-state index is 0.498. The van der Waals surface area contributed by atoms with Crippen LogP contribution in [0.5, 0.6) is 0 Å². The van der Waals surface area contributed by atoms with Gasteiger partial charge in [-0.3, -0.25) is 5.10 Å². The van der Waals surface area contributed by atoms with Crippen LogP contribution < -0.4 is 5.43 Å². The Hall–Kier alpha value is -2.05. The number of halogens is 1. The lowest BCUT2D eigenvalue weighted by Crippen LogP contribution is -2.12. The third-order valence-corrected chi connectivity index (χ3v) is 3.39. The van der Waals surface area contributed by atoms with Crippen molar-refractivity contribution in [2.24, 2.45) is 0 Å². The van der Waals surface area contributed by atoms with Crippen molar-refractivity contribution in [1.82, 2.24) is 14.9 Å². The van der Waals surface area contributed by atoms with Crippen LogP contribution in [0.3, 0.4) is 0 Å². The van der Waals surface area contributed by atoms with E-state index in [1.807, 2.05) is 36.4 Å². The van der Waals surface area contributed by atoms with Gasteiger partial charge in [0.2, 0.25) is 4.77 Å². The second kappa shape index (κ2) is 5.52. The molecule has 2 heterocycles. The molecule has 3 aromatic rings. The van der Waals surface area contributed by atoms with Gasteiger partial charge in [-0.25, -0.2) is 4.68 Å². The van der Waals surface area contributed by atoms with Crippen LogP contribution in [0.25, 0.3) is 11.3 Å². The molecule has 0 amide bonds. The first kappa shape index (κ1) is 13.0. The summed E-state index contributed by atoms with van der Waals surface area (Å²) in [5, 5.41) is 7.15. The average molecular weight is 307 g/mol. The molecule has 0 bridgehead atoms. The second-order valence-electron chi connectivity index (χ2n) is 4.11. The summed E-state index contributed by atoms with van der Waals surface area (Å²) in [6.45, 7) is 0.498. The van der Waals surface area contributed by atoms with Gasteiger partial charge in [0, 0.05) is 5.56 Å². The van der Waals surface area contributed by atoms with Crippen LogP contribution in [0.15, 0.2) is 47.1 Å². The van der Waals surface area contributed by atoms with Crippen molar-refractivity contribution >= 4 is 23.8 Å². The first-order chi connectivity index (χ1) is 9.74. The Kier molecular flexibility index (Phi) is 3.58. The summed E-state index contributed by atoms with van der Waals surface area (Å²) in [6.07, 6.45) is 1.57. The lowest BCUT2D eigenvalue weighted by atomic mass is 10.2. The van der Waals surface area contributed by atoms with Crippen LogP contribution in [0, 0.1) is 4.77 Å². The number of nitrogens with zero attached hydrogens (tertiary/aromatic N) is 2. The zero-order valence-corrected chi connectivity index (χ0v) is 11.9. The molecular formula is C13H11ClN4OS. The van der Waals surface area contributed by atoms with Gasteiger partial charge >= 0.3 is 0 Å². The van der Waals surface area contributed by atoms with Crippen molar-refractivity contribution in [2.75, 3.05) is 5.43 Å². The van der Waals surface area contributed by atoms with Gasteiger partial charge in [0.1, 0.15) is 17.8 Å². The third-order valence-electron chi connectivity index (χ3n) is 2.78. The Morgan fingerprint density at radius 2 is 2.15 bits per heavy atom. The molecule has 0 saturated heterocycles. The summed E-state index contributed by atoms with van der Waals surface area (Å²) in [7, 11) is 0. The van der Waals surface area contributed by atoms with Crippen molar-refractivity contribution in [1.29, 1.82) is 0 Å².